The van der Waals surface area contributed by atoms with Crippen molar-refractivity contribution in [3.8, 4) is 0 Å². The quantitative estimate of drug-likeness (QED) is 0.919. The van der Waals surface area contributed by atoms with Gasteiger partial charge in [0, 0.05) is 6.54 Å². The van der Waals surface area contributed by atoms with Gasteiger partial charge in [-0.25, -0.2) is 0 Å². The molecule has 20 heavy (non-hydrogen) atoms. The van der Waals surface area contributed by atoms with E-state index in [0.717, 1.165) is 19.3 Å². The highest BCUT2D eigenvalue weighted by Gasteiger charge is 2.45. The van der Waals surface area contributed by atoms with Crippen molar-refractivity contribution in [3.63, 3.8) is 0 Å². The number of rotatable bonds is 4. The van der Waals surface area contributed by atoms with Crippen LogP contribution < -0.4 is 5.73 Å². The predicted molar refractivity (Wildman–Crippen MR) is 73.2 cm³/mol. The molecule has 2 N–H and O–H groups in total. The van der Waals surface area contributed by atoms with Crippen LogP contribution in [0.3, 0.4) is 0 Å². The number of halogens is 3. The zero-order chi connectivity index (χ0) is 14.6. The lowest BCUT2D eigenvalue weighted by Crippen LogP contribution is -2.44. The van der Waals surface area contributed by atoms with E-state index in [2.05, 4.69) is 0 Å². The van der Waals surface area contributed by atoms with Crippen molar-refractivity contribution in [2.75, 3.05) is 19.6 Å². The van der Waals surface area contributed by atoms with Gasteiger partial charge >= 0.3 is 6.18 Å². The fourth-order valence-electron chi connectivity index (χ4n) is 3.05. The molecule has 1 fully saturated rings. The molecule has 2 rings (SSSR count). The minimum atomic E-state index is -4.24. The number of nitrogens with two attached hydrogens (primary N) is 1. The maximum Gasteiger partial charge on any atom is 0.408 e. The lowest BCUT2D eigenvalue weighted by Gasteiger charge is -2.39. The van der Waals surface area contributed by atoms with E-state index in [9.17, 15) is 13.2 Å². The van der Waals surface area contributed by atoms with Crippen molar-refractivity contribution in [2.45, 2.75) is 31.5 Å². The third kappa shape index (κ3) is 3.73. The Bertz CT molecular complexity index is 403. The van der Waals surface area contributed by atoms with Crippen molar-refractivity contribution in [1.29, 1.82) is 0 Å². The fraction of sp³-hybridized carbons (Fsp3) is 0.600. The van der Waals surface area contributed by atoms with E-state index in [1.165, 1.54) is 0 Å². The first kappa shape index (κ1) is 15.3. The molecule has 1 aliphatic rings. The largest absolute Gasteiger partial charge is 0.408 e. The zero-order valence-electron chi connectivity index (χ0n) is 11.4. The van der Waals surface area contributed by atoms with E-state index >= 15 is 0 Å². The lowest BCUT2D eigenvalue weighted by atomic mass is 9.92. The molecule has 0 aliphatic carbocycles. The summed E-state index contributed by atoms with van der Waals surface area (Å²) in [5.74, 6) is 0.280. The number of likely N-dealkylation sites (tertiary alicyclic amines) is 1. The highest BCUT2D eigenvalue weighted by molar-refractivity contribution is 5.20. The molecule has 5 heteroatoms. The third-order valence-corrected chi connectivity index (χ3v) is 3.92. The van der Waals surface area contributed by atoms with Crippen LogP contribution in [0.5, 0.6) is 0 Å². The molecule has 2 atom stereocenters. The average molecular weight is 286 g/mol. The minimum Gasteiger partial charge on any atom is -0.330 e. The minimum absolute atomic E-state index is 0.280. The van der Waals surface area contributed by atoms with Crippen LogP contribution in [0.15, 0.2) is 30.3 Å². The highest BCUT2D eigenvalue weighted by Crippen LogP contribution is 2.39. The van der Waals surface area contributed by atoms with Crippen molar-refractivity contribution in [2.24, 2.45) is 11.7 Å². The predicted octanol–water partition coefficient (Wildman–Crippen LogP) is 3.35. The van der Waals surface area contributed by atoms with Crippen molar-refractivity contribution < 1.29 is 13.2 Å². The Hall–Kier alpha value is -1.07. The summed E-state index contributed by atoms with van der Waals surface area (Å²) in [7, 11) is 0. The van der Waals surface area contributed by atoms with E-state index in [0.29, 0.717) is 25.2 Å². The number of nitrogens with zero attached hydrogens (tertiary/aromatic N) is 1. The monoisotopic (exact) mass is 286 g/mol. The van der Waals surface area contributed by atoms with Gasteiger partial charge in [0.05, 0.1) is 0 Å². The standard InChI is InChI=1S/C15H21F3N2/c16-15(17,18)14(13-6-2-1-3-7-13)20-10-4-5-12(11-20)8-9-19/h1-3,6-7,12,14H,4-5,8-11,19H2. The summed E-state index contributed by atoms with van der Waals surface area (Å²) in [4.78, 5) is 1.57. The van der Waals surface area contributed by atoms with E-state index in [-0.39, 0.29) is 5.92 Å². The van der Waals surface area contributed by atoms with Crippen molar-refractivity contribution >= 4 is 0 Å². The summed E-state index contributed by atoms with van der Waals surface area (Å²) in [6.45, 7) is 1.52. The normalized spacial score (nSPS) is 22.7. The lowest BCUT2D eigenvalue weighted by molar-refractivity contribution is -0.191. The number of benzene rings is 1. The molecule has 1 aliphatic heterocycles. The molecule has 1 aromatic carbocycles. The summed E-state index contributed by atoms with van der Waals surface area (Å²) in [6.07, 6.45) is -1.65. The Morgan fingerprint density at radius 2 is 1.95 bits per heavy atom. The molecule has 2 unspecified atom stereocenters. The first-order valence-corrected chi connectivity index (χ1v) is 7.08. The van der Waals surface area contributed by atoms with Gasteiger partial charge in [-0.2, -0.15) is 13.2 Å². The van der Waals surface area contributed by atoms with Gasteiger partial charge in [0.2, 0.25) is 0 Å². The van der Waals surface area contributed by atoms with Crippen LogP contribution in [0.4, 0.5) is 13.2 Å². The van der Waals surface area contributed by atoms with Gasteiger partial charge in [-0.15, -0.1) is 0 Å². The van der Waals surface area contributed by atoms with Gasteiger partial charge in [-0.1, -0.05) is 30.3 Å². The van der Waals surface area contributed by atoms with Crippen LogP contribution in [0.25, 0.3) is 0 Å². The molecule has 0 amide bonds. The molecule has 0 saturated carbocycles. The fourth-order valence-corrected chi connectivity index (χ4v) is 3.05. The molecule has 1 heterocycles. The maximum atomic E-state index is 13.4. The van der Waals surface area contributed by atoms with E-state index < -0.39 is 12.2 Å². The Labute approximate surface area is 117 Å². The second kappa shape index (κ2) is 6.59. The van der Waals surface area contributed by atoms with Gasteiger partial charge in [0.25, 0.3) is 0 Å². The third-order valence-electron chi connectivity index (χ3n) is 3.92. The van der Waals surface area contributed by atoms with Crippen LogP contribution >= 0.6 is 0 Å². The Morgan fingerprint density at radius 1 is 1.25 bits per heavy atom. The topological polar surface area (TPSA) is 29.3 Å². The maximum absolute atomic E-state index is 13.4. The zero-order valence-corrected chi connectivity index (χ0v) is 11.4. The van der Waals surface area contributed by atoms with Gasteiger partial charge < -0.3 is 5.73 Å². The van der Waals surface area contributed by atoms with Crippen LogP contribution in [-0.2, 0) is 0 Å². The van der Waals surface area contributed by atoms with Crippen LogP contribution in [0, 0.1) is 5.92 Å². The molecule has 112 valence electrons. The van der Waals surface area contributed by atoms with Gasteiger partial charge in [0.1, 0.15) is 6.04 Å². The molecule has 2 nitrogen and oxygen atoms in total. The number of alkyl halides is 3. The molecule has 0 bridgehead atoms. The van der Waals surface area contributed by atoms with Gasteiger partial charge in [-0.05, 0) is 43.8 Å². The second-order valence-corrected chi connectivity index (χ2v) is 5.44. The SMILES string of the molecule is NCCC1CCCN(C(c2ccccc2)C(F)(F)F)C1. The van der Waals surface area contributed by atoms with E-state index in [1.54, 1.807) is 35.2 Å². The summed E-state index contributed by atoms with van der Waals surface area (Å²) in [6, 6.07) is 6.69. The molecule has 1 saturated heterocycles. The molecular formula is C15H21F3N2. The molecule has 0 radical (unpaired) electrons. The van der Waals surface area contributed by atoms with Gasteiger partial charge in [-0.3, -0.25) is 4.90 Å². The number of piperidine rings is 1. The first-order valence-electron chi connectivity index (χ1n) is 7.08. The Kier molecular flexibility index (Phi) is 5.05. The summed E-state index contributed by atoms with van der Waals surface area (Å²) in [5.41, 5.74) is 5.86. The molecule has 0 aromatic heterocycles. The van der Waals surface area contributed by atoms with Crippen molar-refractivity contribution in [3.05, 3.63) is 35.9 Å². The number of hydrogen-bond donors (Lipinski definition) is 1. The van der Waals surface area contributed by atoms with Gasteiger partial charge in [0.15, 0.2) is 0 Å². The van der Waals surface area contributed by atoms with Crippen LogP contribution in [0.1, 0.15) is 30.9 Å². The summed E-state index contributed by atoms with van der Waals surface area (Å²) in [5, 5.41) is 0. The Balaban J connectivity index is 2.19. The first-order chi connectivity index (χ1) is 9.52. The molecule has 0 spiro atoms. The Morgan fingerprint density at radius 3 is 2.55 bits per heavy atom. The molecule has 1 aromatic rings. The smallest absolute Gasteiger partial charge is 0.330 e. The van der Waals surface area contributed by atoms with Crippen LogP contribution in [-0.4, -0.2) is 30.7 Å². The average Bonchev–Trinajstić information content (AvgIpc) is 2.39. The second-order valence-electron chi connectivity index (χ2n) is 5.44. The highest BCUT2D eigenvalue weighted by atomic mass is 19.4. The molecular weight excluding hydrogens is 265 g/mol. The van der Waals surface area contributed by atoms with Crippen molar-refractivity contribution in [1.82, 2.24) is 4.90 Å². The van der Waals surface area contributed by atoms with E-state index in [1.807, 2.05) is 0 Å². The van der Waals surface area contributed by atoms with E-state index in [4.69, 9.17) is 5.73 Å². The summed E-state index contributed by atoms with van der Waals surface area (Å²) >= 11 is 0. The number of hydrogen-bond acceptors (Lipinski definition) is 2. The van der Waals surface area contributed by atoms with Crippen LogP contribution in [0.2, 0.25) is 0 Å². The summed E-state index contributed by atoms with van der Waals surface area (Å²) < 4.78 is 40.3.